The summed E-state index contributed by atoms with van der Waals surface area (Å²) in [5.41, 5.74) is -1.26. The first kappa shape index (κ1) is 22.8. The zero-order valence-corrected chi connectivity index (χ0v) is 18.7. The third-order valence-electron chi connectivity index (χ3n) is 6.52. The molecule has 1 fully saturated rings. The second-order valence-electron chi connectivity index (χ2n) is 8.91. The van der Waals surface area contributed by atoms with Crippen molar-refractivity contribution in [1.82, 2.24) is 18.9 Å². The Bertz CT molecular complexity index is 1200. The van der Waals surface area contributed by atoms with E-state index >= 15 is 0 Å². The van der Waals surface area contributed by atoms with E-state index in [1.165, 1.54) is 34.1 Å². The second-order valence-corrected chi connectivity index (χ2v) is 8.91. The van der Waals surface area contributed by atoms with Gasteiger partial charge in [-0.1, -0.05) is 25.0 Å². The van der Waals surface area contributed by atoms with Crippen molar-refractivity contribution < 1.29 is 19.1 Å². The van der Waals surface area contributed by atoms with Crippen LogP contribution in [0.25, 0.3) is 0 Å². The molecule has 0 spiro atoms. The Hall–Kier alpha value is -3.43. The molecule has 2 heterocycles. The molecule has 1 aliphatic heterocycles. The second kappa shape index (κ2) is 8.84. The molecule has 4 rings (SSSR count). The Morgan fingerprint density at radius 2 is 1.76 bits per heavy atom. The van der Waals surface area contributed by atoms with Crippen LogP contribution >= 0.6 is 0 Å². The van der Waals surface area contributed by atoms with Crippen LogP contribution in [-0.2, 0) is 17.9 Å². The first-order chi connectivity index (χ1) is 15.7. The normalized spacial score (nSPS) is 18.5. The van der Waals surface area contributed by atoms with Gasteiger partial charge in [-0.2, -0.15) is 0 Å². The molecule has 0 radical (unpaired) electrons. The Balaban J connectivity index is 1.80. The summed E-state index contributed by atoms with van der Waals surface area (Å²) in [4.78, 5) is 54.9. The molecular formula is C23H27FN4O5. The molecule has 10 heteroatoms. The van der Waals surface area contributed by atoms with Gasteiger partial charge < -0.3 is 14.9 Å². The van der Waals surface area contributed by atoms with Gasteiger partial charge in [-0.3, -0.25) is 23.5 Å². The lowest BCUT2D eigenvalue weighted by molar-refractivity contribution is -0.130. The minimum absolute atomic E-state index is 0.0316. The Morgan fingerprint density at radius 1 is 1.12 bits per heavy atom. The quantitative estimate of drug-likeness (QED) is 0.731. The SMILES string of the molecule is CN(C)C(=O)CC1Cn2c(c(O)c(=O)n(C3CCCC3)c2=O)C(=O)N1Cc1ccc(F)cc1. The van der Waals surface area contributed by atoms with Gasteiger partial charge in [0.2, 0.25) is 11.7 Å². The predicted molar refractivity (Wildman–Crippen MR) is 118 cm³/mol. The number of benzene rings is 1. The summed E-state index contributed by atoms with van der Waals surface area (Å²) in [6.45, 7) is -0.00886. The van der Waals surface area contributed by atoms with Crippen molar-refractivity contribution in [2.24, 2.45) is 0 Å². The number of carbonyl (C=O) groups excluding carboxylic acids is 2. The number of amides is 2. The highest BCUT2D eigenvalue weighted by Gasteiger charge is 2.39. The van der Waals surface area contributed by atoms with Crippen molar-refractivity contribution in [2.45, 2.75) is 57.3 Å². The van der Waals surface area contributed by atoms with E-state index in [9.17, 15) is 28.7 Å². The topological polar surface area (TPSA) is 105 Å². The van der Waals surface area contributed by atoms with Crippen LogP contribution < -0.4 is 11.2 Å². The molecule has 9 nitrogen and oxygen atoms in total. The van der Waals surface area contributed by atoms with Crippen molar-refractivity contribution in [2.75, 3.05) is 14.1 Å². The van der Waals surface area contributed by atoms with Crippen LogP contribution in [0, 0.1) is 5.82 Å². The molecule has 33 heavy (non-hydrogen) atoms. The van der Waals surface area contributed by atoms with Crippen LogP contribution in [0.2, 0.25) is 0 Å². The molecule has 1 aromatic carbocycles. The summed E-state index contributed by atoms with van der Waals surface area (Å²) >= 11 is 0. The van der Waals surface area contributed by atoms with Gasteiger partial charge in [0.25, 0.3) is 11.5 Å². The van der Waals surface area contributed by atoms with E-state index in [4.69, 9.17) is 0 Å². The molecule has 2 aromatic rings. The Morgan fingerprint density at radius 3 is 2.36 bits per heavy atom. The van der Waals surface area contributed by atoms with Crippen LogP contribution in [0.15, 0.2) is 33.9 Å². The number of hydrogen-bond acceptors (Lipinski definition) is 5. The van der Waals surface area contributed by atoms with Gasteiger partial charge in [-0.15, -0.1) is 0 Å². The molecule has 1 unspecified atom stereocenters. The molecule has 1 aliphatic carbocycles. The smallest absolute Gasteiger partial charge is 0.332 e. The first-order valence-electron chi connectivity index (χ1n) is 11.0. The summed E-state index contributed by atoms with van der Waals surface area (Å²) in [7, 11) is 3.20. The zero-order valence-electron chi connectivity index (χ0n) is 18.7. The standard InChI is InChI=1S/C23H27FN4O5/c1-25(2)18(29)11-17-13-27-19(21(31)26(17)12-14-7-9-15(24)10-8-14)20(30)22(32)28(23(27)33)16-5-3-4-6-16/h7-10,16-17,30H,3-6,11-13H2,1-2H3. The maximum Gasteiger partial charge on any atom is 0.332 e. The van der Waals surface area contributed by atoms with E-state index in [2.05, 4.69) is 0 Å². The number of aromatic hydroxyl groups is 1. The van der Waals surface area contributed by atoms with E-state index in [0.29, 0.717) is 18.4 Å². The fraction of sp³-hybridized carbons (Fsp3) is 0.478. The summed E-state index contributed by atoms with van der Waals surface area (Å²) in [5, 5.41) is 10.7. The third kappa shape index (κ3) is 4.17. The largest absolute Gasteiger partial charge is 0.501 e. The molecule has 1 aromatic heterocycles. The van der Waals surface area contributed by atoms with Gasteiger partial charge in [-0.25, -0.2) is 9.18 Å². The van der Waals surface area contributed by atoms with Crippen LogP contribution in [0.4, 0.5) is 4.39 Å². The molecule has 0 bridgehead atoms. The average molecular weight is 458 g/mol. The minimum atomic E-state index is -0.865. The number of halogens is 1. The summed E-state index contributed by atoms with van der Waals surface area (Å²) in [5.74, 6) is -2.13. The van der Waals surface area contributed by atoms with Crippen molar-refractivity contribution in [1.29, 1.82) is 0 Å². The average Bonchev–Trinajstić information content (AvgIpc) is 3.30. The van der Waals surface area contributed by atoms with Crippen molar-refractivity contribution >= 4 is 11.8 Å². The van der Waals surface area contributed by atoms with Crippen molar-refractivity contribution in [3.8, 4) is 5.75 Å². The molecule has 1 atom stereocenters. The number of carbonyl (C=O) groups is 2. The molecule has 1 saturated carbocycles. The molecule has 2 aliphatic rings. The molecular weight excluding hydrogens is 431 g/mol. The van der Waals surface area contributed by atoms with Crippen LogP contribution in [0.5, 0.6) is 5.75 Å². The monoisotopic (exact) mass is 458 g/mol. The maximum atomic E-state index is 13.5. The van der Waals surface area contributed by atoms with E-state index in [1.54, 1.807) is 14.1 Å². The minimum Gasteiger partial charge on any atom is -0.501 e. The van der Waals surface area contributed by atoms with E-state index in [0.717, 1.165) is 22.0 Å². The molecule has 176 valence electrons. The predicted octanol–water partition coefficient (Wildman–Crippen LogP) is 1.47. The van der Waals surface area contributed by atoms with Crippen molar-refractivity contribution in [3.63, 3.8) is 0 Å². The number of rotatable bonds is 5. The fourth-order valence-electron chi connectivity index (χ4n) is 4.68. The maximum absolute atomic E-state index is 13.5. The van der Waals surface area contributed by atoms with Gasteiger partial charge in [0, 0.05) is 39.6 Å². The van der Waals surface area contributed by atoms with Crippen molar-refractivity contribution in [3.05, 3.63) is 62.2 Å². The molecule has 0 saturated heterocycles. The Kier molecular flexibility index (Phi) is 6.09. The van der Waals surface area contributed by atoms with E-state index < -0.39 is 34.8 Å². The van der Waals surface area contributed by atoms with Gasteiger partial charge in [0.1, 0.15) is 5.82 Å². The number of fused-ring (bicyclic) bond motifs is 1. The zero-order chi connectivity index (χ0) is 23.9. The lowest BCUT2D eigenvalue weighted by Crippen LogP contribution is -2.55. The fourth-order valence-corrected chi connectivity index (χ4v) is 4.68. The number of nitrogens with zero attached hydrogens (tertiary/aromatic N) is 4. The third-order valence-corrected chi connectivity index (χ3v) is 6.52. The lowest BCUT2D eigenvalue weighted by atomic mass is 10.0. The highest BCUT2D eigenvalue weighted by Crippen LogP contribution is 2.30. The Labute approximate surface area is 189 Å². The summed E-state index contributed by atoms with van der Waals surface area (Å²) < 4.78 is 15.5. The molecule has 1 N–H and O–H groups in total. The van der Waals surface area contributed by atoms with Crippen LogP contribution in [0.1, 0.15) is 54.2 Å². The summed E-state index contributed by atoms with van der Waals surface area (Å²) in [6, 6.07) is 4.57. The summed E-state index contributed by atoms with van der Waals surface area (Å²) in [6.07, 6.45) is 3.02. The van der Waals surface area contributed by atoms with Gasteiger partial charge in [0.15, 0.2) is 5.69 Å². The number of hydrogen-bond donors (Lipinski definition) is 1. The first-order valence-corrected chi connectivity index (χ1v) is 11.0. The van der Waals surface area contributed by atoms with Gasteiger partial charge in [-0.05, 0) is 30.5 Å². The van der Waals surface area contributed by atoms with E-state index in [-0.39, 0.29) is 37.2 Å². The van der Waals surface area contributed by atoms with Crippen LogP contribution in [0.3, 0.4) is 0 Å². The van der Waals surface area contributed by atoms with Gasteiger partial charge >= 0.3 is 5.69 Å². The highest BCUT2D eigenvalue weighted by atomic mass is 19.1. The highest BCUT2D eigenvalue weighted by molar-refractivity contribution is 5.96. The lowest BCUT2D eigenvalue weighted by Gasteiger charge is -2.38. The van der Waals surface area contributed by atoms with Gasteiger partial charge in [0.05, 0.1) is 6.04 Å². The van der Waals surface area contributed by atoms with E-state index in [1.807, 2.05) is 0 Å². The van der Waals surface area contributed by atoms with Crippen LogP contribution in [-0.4, -0.2) is 56.0 Å². The number of aromatic nitrogens is 2. The molecule has 2 amide bonds.